The van der Waals surface area contributed by atoms with Crippen LogP contribution in [0.1, 0.15) is 5.56 Å². The summed E-state index contributed by atoms with van der Waals surface area (Å²) in [6.07, 6.45) is 0. The molecule has 1 rings (SSSR count). The SMILES string of the molecule is COc1cccc([CH2][Mg+])c1.[Br-]. The Labute approximate surface area is 90.3 Å². The number of benzene rings is 1. The molecule has 0 saturated carbocycles. The van der Waals surface area contributed by atoms with E-state index in [9.17, 15) is 0 Å². The monoisotopic (exact) mass is 224 g/mol. The maximum Gasteiger partial charge on any atom is -1.00 e. The number of halogens is 1. The van der Waals surface area contributed by atoms with E-state index in [0.717, 1.165) is 10.3 Å². The number of methoxy groups -OCH3 is 1. The van der Waals surface area contributed by atoms with Crippen LogP contribution in [-0.2, 0) is 4.55 Å². The van der Waals surface area contributed by atoms with Crippen LogP contribution in [0.3, 0.4) is 0 Å². The van der Waals surface area contributed by atoms with Crippen LogP contribution in [-0.4, -0.2) is 28.8 Å². The molecule has 0 bridgehead atoms. The molecule has 0 heterocycles. The van der Waals surface area contributed by atoms with E-state index in [0.29, 0.717) is 0 Å². The maximum atomic E-state index is 5.06. The normalized spacial score (nSPS) is 8.64. The molecule has 0 radical (unpaired) electrons. The number of hydrogen-bond acceptors (Lipinski definition) is 1. The molecule has 0 aliphatic rings. The van der Waals surface area contributed by atoms with Crippen molar-refractivity contribution in [3.8, 4) is 5.75 Å². The average Bonchev–Trinajstić information content (AvgIpc) is 2.05. The molecule has 0 aliphatic carbocycles. The molecule has 3 heteroatoms. The van der Waals surface area contributed by atoms with Gasteiger partial charge in [0.2, 0.25) is 0 Å². The van der Waals surface area contributed by atoms with Gasteiger partial charge in [0.25, 0.3) is 0 Å². The Morgan fingerprint density at radius 2 is 2.18 bits per heavy atom. The van der Waals surface area contributed by atoms with Gasteiger partial charge in [-0.1, -0.05) is 0 Å². The van der Waals surface area contributed by atoms with Crippen molar-refractivity contribution in [2.24, 2.45) is 0 Å². The maximum absolute atomic E-state index is 5.06. The van der Waals surface area contributed by atoms with Crippen LogP contribution >= 0.6 is 0 Å². The van der Waals surface area contributed by atoms with Crippen LogP contribution in [0.2, 0.25) is 0 Å². The zero-order chi connectivity index (χ0) is 7.40. The second kappa shape index (κ2) is 5.86. The van der Waals surface area contributed by atoms with Gasteiger partial charge in [-0.05, 0) is 0 Å². The second-order valence-corrected chi connectivity index (χ2v) is 2.60. The van der Waals surface area contributed by atoms with Crippen LogP contribution in [0.5, 0.6) is 5.75 Å². The van der Waals surface area contributed by atoms with Gasteiger partial charge in [0.15, 0.2) is 0 Å². The topological polar surface area (TPSA) is 9.23 Å². The minimum absolute atomic E-state index is 0. The van der Waals surface area contributed by atoms with Crippen molar-refractivity contribution >= 4 is 21.7 Å². The van der Waals surface area contributed by atoms with Crippen molar-refractivity contribution in [1.82, 2.24) is 0 Å². The molecule has 1 nitrogen and oxygen atoms in total. The molecule has 56 valence electrons. The Balaban J connectivity index is 0.000001000. The van der Waals surface area contributed by atoms with Gasteiger partial charge >= 0.3 is 73.7 Å². The summed E-state index contributed by atoms with van der Waals surface area (Å²) in [6, 6.07) is 8.15. The molecule has 0 N–H and O–H groups in total. The standard InChI is InChI=1S/C8H9O.BrH.Mg/c1-7-4-3-5-8(6-7)9-2;;/h3-6H,1H2,2H3;1H;/q;;+1/p-1. The Bertz CT molecular complexity index is 196. The first-order valence-corrected chi connectivity index (χ1v) is 4.29. The first-order valence-electron chi connectivity index (χ1n) is 3.29. The summed E-state index contributed by atoms with van der Waals surface area (Å²) in [7, 11) is 1.69. The summed E-state index contributed by atoms with van der Waals surface area (Å²) in [5.41, 5.74) is 1.33. The van der Waals surface area contributed by atoms with E-state index in [4.69, 9.17) is 4.74 Å². The predicted molar refractivity (Wildman–Crippen MR) is 42.5 cm³/mol. The van der Waals surface area contributed by atoms with Crippen molar-refractivity contribution in [2.75, 3.05) is 7.11 Å². The fraction of sp³-hybridized carbons (Fsp3) is 0.250. The number of rotatable bonds is 2. The van der Waals surface area contributed by atoms with Crippen molar-refractivity contribution < 1.29 is 21.7 Å². The molecule has 0 amide bonds. The van der Waals surface area contributed by atoms with E-state index in [2.05, 4.69) is 12.1 Å². The molecule has 1 aromatic rings. The molecular formula is C8H9BrMgO. The molecule has 0 fully saturated rings. The smallest absolute Gasteiger partial charge is 1.00 e. The van der Waals surface area contributed by atoms with E-state index in [-0.39, 0.29) is 17.0 Å². The molecule has 11 heavy (non-hydrogen) atoms. The van der Waals surface area contributed by atoms with E-state index in [1.165, 1.54) is 5.56 Å². The number of ether oxygens (including phenoxy) is 1. The zero-order valence-corrected chi connectivity index (χ0v) is 9.51. The first kappa shape index (κ1) is 11.3. The summed E-state index contributed by atoms with van der Waals surface area (Å²) in [4.78, 5) is 0. The van der Waals surface area contributed by atoms with Crippen molar-refractivity contribution in [3.05, 3.63) is 29.8 Å². The minimum Gasteiger partial charge on any atom is -1.00 e. The molecule has 0 atom stereocenters. The molecule has 0 unspecified atom stereocenters. The summed E-state index contributed by atoms with van der Waals surface area (Å²) in [5.74, 6) is 0.948. The van der Waals surface area contributed by atoms with E-state index >= 15 is 0 Å². The van der Waals surface area contributed by atoms with Crippen LogP contribution in [0.25, 0.3) is 0 Å². The van der Waals surface area contributed by atoms with Gasteiger partial charge in [0.1, 0.15) is 0 Å². The van der Waals surface area contributed by atoms with Crippen LogP contribution in [0, 0.1) is 0 Å². The van der Waals surface area contributed by atoms with Gasteiger partial charge < -0.3 is 17.0 Å². The fourth-order valence-corrected chi connectivity index (χ4v) is 1.14. The minimum atomic E-state index is 0. The molecule has 0 spiro atoms. The Morgan fingerprint density at radius 3 is 2.73 bits per heavy atom. The van der Waals surface area contributed by atoms with Crippen molar-refractivity contribution in [2.45, 2.75) is 4.55 Å². The first-order chi connectivity index (χ1) is 4.86. The Kier molecular flexibility index (Phi) is 6.00. The van der Waals surface area contributed by atoms with E-state index in [1.807, 2.05) is 33.8 Å². The quantitative estimate of drug-likeness (QED) is 0.549. The molecule has 1 aromatic carbocycles. The van der Waals surface area contributed by atoms with Gasteiger partial charge in [-0.3, -0.25) is 0 Å². The van der Waals surface area contributed by atoms with Crippen molar-refractivity contribution in [1.29, 1.82) is 0 Å². The van der Waals surface area contributed by atoms with Gasteiger partial charge in [0, 0.05) is 0 Å². The predicted octanol–water partition coefficient (Wildman–Crippen LogP) is -1.63. The van der Waals surface area contributed by atoms with Gasteiger partial charge in [-0.25, -0.2) is 0 Å². The second-order valence-electron chi connectivity index (χ2n) is 2.10. The molecular weight excluding hydrogens is 216 g/mol. The van der Waals surface area contributed by atoms with Gasteiger partial charge in [-0.2, -0.15) is 0 Å². The zero-order valence-electron chi connectivity index (χ0n) is 6.51. The van der Waals surface area contributed by atoms with E-state index in [1.54, 1.807) is 7.11 Å². The van der Waals surface area contributed by atoms with Crippen molar-refractivity contribution in [3.63, 3.8) is 0 Å². The van der Waals surface area contributed by atoms with Crippen LogP contribution < -0.4 is 21.7 Å². The van der Waals surface area contributed by atoms with Gasteiger partial charge in [-0.15, -0.1) is 0 Å². The summed E-state index contributed by atoms with van der Waals surface area (Å²) >= 11 is 1.95. The Hall–Kier alpha value is 0.266. The van der Waals surface area contributed by atoms with E-state index < -0.39 is 0 Å². The van der Waals surface area contributed by atoms with Gasteiger partial charge in [0.05, 0.1) is 0 Å². The fourth-order valence-electron chi connectivity index (χ4n) is 0.828. The van der Waals surface area contributed by atoms with Crippen LogP contribution in [0.15, 0.2) is 24.3 Å². The third kappa shape index (κ3) is 3.45. The largest absolute Gasteiger partial charge is 1.00 e. The molecule has 0 aliphatic heterocycles. The third-order valence-corrected chi connectivity index (χ3v) is 2.00. The summed E-state index contributed by atoms with van der Waals surface area (Å²) in [6.45, 7) is 0. The number of hydrogen-bond donors (Lipinski definition) is 0. The molecule has 0 aromatic heterocycles. The molecule has 0 saturated heterocycles. The van der Waals surface area contributed by atoms with Crippen LogP contribution in [0.4, 0.5) is 0 Å². The third-order valence-electron chi connectivity index (χ3n) is 1.42. The summed E-state index contributed by atoms with van der Waals surface area (Å²) < 4.78 is 6.15. The Morgan fingerprint density at radius 1 is 1.45 bits per heavy atom. The summed E-state index contributed by atoms with van der Waals surface area (Å²) in [5, 5.41) is 0. The average molecular weight is 225 g/mol.